The number of aliphatic imine (C=N–C) groups is 1. The number of para-hydroxylation sites is 1. The Morgan fingerprint density at radius 2 is 2.04 bits per heavy atom. The average molecular weight is 422 g/mol. The molecule has 1 aromatic carbocycles. The number of benzene rings is 1. The zero-order valence-electron chi connectivity index (χ0n) is 16.1. The van der Waals surface area contributed by atoms with Crippen molar-refractivity contribution in [3.05, 3.63) is 51.8 Å². The smallest absolute Gasteiger partial charge is 0.227 e. The van der Waals surface area contributed by atoms with E-state index in [1.165, 1.54) is 5.56 Å². The van der Waals surface area contributed by atoms with E-state index >= 15 is 0 Å². The van der Waals surface area contributed by atoms with Crippen molar-refractivity contribution < 1.29 is 4.79 Å². The lowest BCUT2D eigenvalue weighted by Crippen LogP contribution is -2.38. The summed E-state index contributed by atoms with van der Waals surface area (Å²) < 4.78 is 1.83. The molecule has 0 saturated heterocycles. The molecule has 2 heterocycles. The molecule has 0 spiro atoms. The van der Waals surface area contributed by atoms with Crippen LogP contribution in [0.3, 0.4) is 0 Å². The van der Waals surface area contributed by atoms with Crippen LogP contribution in [0, 0.1) is 0 Å². The summed E-state index contributed by atoms with van der Waals surface area (Å²) in [7, 11) is 3.58. The number of carbonyl (C=O) groups excluding carboxylic acids is 1. The Labute approximate surface area is 175 Å². The van der Waals surface area contributed by atoms with Crippen LogP contribution in [0.4, 0.5) is 5.69 Å². The van der Waals surface area contributed by atoms with Crippen molar-refractivity contribution in [3.63, 3.8) is 0 Å². The van der Waals surface area contributed by atoms with Crippen LogP contribution in [-0.4, -0.2) is 36.6 Å². The minimum absolute atomic E-state index is 0.169. The number of anilines is 1. The third-order valence-corrected chi connectivity index (χ3v) is 5.77. The van der Waals surface area contributed by atoms with E-state index in [1.807, 2.05) is 40.8 Å². The number of amides is 1. The summed E-state index contributed by atoms with van der Waals surface area (Å²) in [5.74, 6) is 0.843. The van der Waals surface area contributed by atoms with Gasteiger partial charge in [-0.05, 0) is 30.5 Å². The van der Waals surface area contributed by atoms with E-state index in [-0.39, 0.29) is 5.91 Å². The lowest BCUT2D eigenvalue weighted by Gasteiger charge is -2.17. The lowest BCUT2D eigenvalue weighted by molar-refractivity contribution is -0.118. The number of rotatable bonds is 6. The standard InChI is InChI=1S/C20H25Cl2N5O/c1-23-20(25-13-15-12-16(21)19(22)26(15)2)24-10-5-8-18(28)27-11-9-14-6-3-4-7-17(14)27/h3-4,6-7,12H,5,8-11,13H2,1-2H3,(H2,23,24,25). The Morgan fingerprint density at radius 3 is 2.75 bits per heavy atom. The first-order valence-electron chi connectivity index (χ1n) is 9.33. The molecule has 0 bridgehead atoms. The van der Waals surface area contributed by atoms with Crippen LogP contribution < -0.4 is 15.5 Å². The van der Waals surface area contributed by atoms with Gasteiger partial charge in [0.05, 0.1) is 11.6 Å². The highest BCUT2D eigenvalue weighted by Gasteiger charge is 2.23. The summed E-state index contributed by atoms with van der Waals surface area (Å²) in [5.41, 5.74) is 3.26. The molecule has 28 heavy (non-hydrogen) atoms. The third kappa shape index (κ3) is 4.62. The molecule has 1 aromatic heterocycles. The van der Waals surface area contributed by atoms with E-state index in [2.05, 4.69) is 21.7 Å². The SMILES string of the molecule is CN=C(NCCCC(=O)N1CCc2ccccc21)NCc1cc(Cl)c(Cl)n1C. The van der Waals surface area contributed by atoms with Crippen molar-refractivity contribution in [1.29, 1.82) is 0 Å². The second kappa shape index (κ2) is 9.34. The second-order valence-electron chi connectivity index (χ2n) is 6.71. The summed E-state index contributed by atoms with van der Waals surface area (Å²) in [4.78, 5) is 18.6. The Morgan fingerprint density at radius 1 is 1.25 bits per heavy atom. The van der Waals surface area contributed by atoms with Gasteiger partial charge in [0.2, 0.25) is 5.91 Å². The number of nitrogens with one attached hydrogen (secondary N) is 2. The fourth-order valence-electron chi connectivity index (χ4n) is 3.33. The van der Waals surface area contributed by atoms with Gasteiger partial charge in [-0.15, -0.1) is 0 Å². The molecule has 0 unspecified atom stereocenters. The zero-order chi connectivity index (χ0) is 20.1. The molecule has 1 aliphatic heterocycles. The first-order valence-corrected chi connectivity index (χ1v) is 10.1. The van der Waals surface area contributed by atoms with E-state index in [0.717, 1.165) is 30.8 Å². The Balaban J connectivity index is 1.41. The number of aromatic nitrogens is 1. The van der Waals surface area contributed by atoms with Crippen molar-refractivity contribution in [3.8, 4) is 0 Å². The molecule has 150 valence electrons. The van der Waals surface area contributed by atoms with Gasteiger partial charge in [-0.25, -0.2) is 0 Å². The molecule has 1 amide bonds. The number of carbonyl (C=O) groups is 1. The van der Waals surface area contributed by atoms with E-state index in [4.69, 9.17) is 23.2 Å². The van der Waals surface area contributed by atoms with Crippen LogP contribution in [0.5, 0.6) is 0 Å². The molecular formula is C20H25Cl2N5O. The van der Waals surface area contributed by atoms with Crippen LogP contribution in [0.2, 0.25) is 10.2 Å². The molecule has 8 heteroatoms. The predicted molar refractivity (Wildman–Crippen MR) is 115 cm³/mol. The molecule has 1 aliphatic rings. The first kappa shape index (κ1) is 20.6. The monoisotopic (exact) mass is 421 g/mol. The molecule has 6 nitrogen and oxygen atoms in total. The number of hydrogen-bond donors (Lipinski definition) is 2. The molecule has 3 rings (SSSR count). The van der Waals surface area contributed by atoms with Crippen molar-refractivity contribution >= 4 is 40.8 Å². The molecular weight excluding hydrogens is 397 g/mol. The van der Waals surface area contributed by atoms with E-state index in [9.17, 15) is 4.79 Å². The van der Waals surface area contributed by atoms with Gasteiger partial charge in [-0.1, -0.05) is 41.4 Å². The number of halogens is 2. The van der Waals surface area contributed by atoms with Crippen LogP contribution in [-0.2, 0) is 24.8 Å². The highest BCUT2D eigenvalue weighted by Crippen LogP contribution is 2.28. The highest BCUT2D eigenvalue weighted by atomic mass is 35.5. The summed E-state index contributed by atoms with van der Waals surface area (Å²) in [6.45, 7) is 1.98. The number of guanidine groups is 1. The van der Waals surface area contributed by atoms with Crippen LogP contribution in [0.25, 0.3) is 0 Å². The van der Waals surface area contributed by atoms with Gasteiger partial charge in [0.1, 0.15) is 5.15 Å². The minimum atomic E-state index is 0.169. The maximum absolute atomic E-state index is 12.5. The zero-order valence-corrected chi connectivity index (χ0v) is 17.6. The number of nitrogens with zero attached hydrogens (tertiary/aromatic N) is 3. The third-order valence-electron chi connectivity index (χ3n) is 4.92. The molecule has 0 fully saturated rings. The van der Waals surface area contributed by atoms with Gasteiger partial charge in [0.25, 0.3) is 0 Å². The molecule has 0 radical (unpaired) electrons. The molecule has 0 saturated carbocycles. The van der Waals surface area contributed by atoms with Crippen molar-refractivity contribution in [2.75, 3.05) is 25.0 Å². The van der Waals surface area contributed by atoms with Crippen molar-refractivity contribution in [1.82, 2.24) is 15.2 Å². The molecule has 0 aliphatic carbocycles. The van der Waals surface area contributed by atoms with E-state index in [1.54, 1.807) is 7.05 Å². The van der Waals surface area contributed by atoms with Gasteiger partial charge < -0.3 is 20.1 Å². The summed E-state index contributed by atoms with van der Waals surface area (Å²) in [6, 6.07) is 9.94. The maximum Gasteiger partial charge on any atom is 0.227 e. The predicted octanol–water partition coefficient (Wildman–Crippen LogP) is 3.37. The van der Waals surface area contributed by atoms with Crippen molar-refractivity contribution in [2.24, 2.45) is 12.0 Å². The van der Waals surface area contributed by atoms with Crippen LogP contribution >= 0.6 is 23.2 Å². The largest absolute Gasteiger partial charge is 0.356 e. The summed E-state index contributed by atoms with van der Waals surface area (Å²) >= 11 is 12.1. The Hall–Kier alpha value is -2.18. The number of fused-ring (bicyclic) bond motifs is 1. The fourth-order valence-corrected chi connectivity index (χ4v) is 3.75. The first-order chi connectivity index (χ1) is 13.5. The average Bonchev–Trinajstić information content (AvgIpc) is 3.24. The molecule has 2 N–H and O–H groups in total. The van der Waals surface area contributed by atoms with E-state index < -0.39 is 0 Å². The van der Waals surface area contributed by atoms with Gasteiger partial charge >= 0.3 is 0 Å². The van der Waals surface area contributed by atoms with Crippen molar-refractivity contribution in [2.45, 2.75) is 25.8 Å². The second-order valence-corrected chi connectivity index (χ2v) is 7.48. The minimum Gasteiger partial charge on any atom is -0.356 e. The van der Waals surface area contributed by atoms with E-state index in [0.29, 0.717) is 35.6 Å². The summed E-state index contributed by atoms with van der Waals surface area (Å²) in [5, 5.41) is 7.52. The van der Waals surface area contributed by atoms with Gasteiger partial charge in [-0.3, -0.25) is 9.79 Å². The quantitative estimate of drug-likeness (QED) is 0.426. The van der Waals surface area contributed by atoms with Gasteiger partial charge in [-0.2, -0.15) is 0 Å². The molecule has 2 aromatic rings. The summed E-state index contributed by atoms with van der Waals surface area (Å²) in [6.07, 6.45) is 2.17. The van der Waals surface area contributed by atoms with Gasteiger partial charge in [0.15, 0.2) is 5.96 Å². The van der Waals surface area contributed by atoms with Crippen LogP contribution in [0.1, 0.15) is 24.1 Å². The van der Waals surface area contributed by atoms with Gasteiger partial charge in [0, 0.05) is 45.0 Å². The lowest BCUT2D eigenvalue weighted by atomic mass is 10.2. The maximum atomic E-state index is 12.5. The normalized spacial score (nSPS) is 13.6. The Bertz CT molecular complexity index is 877. The van der Waals surface area contributed by atoms with Crippen LogP contribution in [0.15, 0.2) is 35.3 Å². The fraction of sp³-hybridized carbons (Fsp3) is 0.400. The Kier molecular flexibility index (Phi) is 6.86. The molecule has 0 atom stereocenters. The number of hydrogen-bond acceptors (Lipinski definition) is 2. The highest BCUT2D eigenvalue weighted by molar-refractivity contribution is 6.41. The topological polar surface area (TPSA) is 61.7 Å².